The Balaban J connectivity index is 1.89. The summed E-state index contributed by atoms with van der Waals surface area (Å²) in [6.07, 6.45) is 3.03. The molecule has 3 rings (SSSR count). The first-order valence-electron chi connectivity index (χ1n) is 8.58. The van der Waals surface area contributed by atoms with Gasteiger partial charge in [-0.05, 0) is 55.0 Å². The van der Waals surface area contributed by atoms with Crippen LogP contribution in [0.3, 0.4) is 0 Å². The highest BCUT2D eigenvalue weighted by molar-refractivity contribution is 6.30. The lowest BCUT2D eigenvalue weighted by Crippen LogP contribution is -2.34. The number of carboxylic acids is 1. The molecule has 0 bridgehead atoms. The number of carbonyl (C=O) groups is 2. The zero-order valence-electron chi connectivity index (χ0n) is 14.4. The van der Waals surface area contributed by atoms with E-state index < -0.39 is 35.7 Å². The molecule has 0 saturated carbocycles. The molecule has 6 nitrogen and oxygen atoms in total. The van der Waals surface area contributed by atoms with Crippen molar-refractivity contribution in [2.75, 3.05) is 0 Å². The average molecular weight is 393 g/mol. The number of rotatable bonds is 5. The van der Waals surface area contributed by atoms with Crippen LogP contribution in [0.2, 0.25) is 5.02 Å². The first-order chi connectivity index (χ1) is 12.8. The summed E-state index contributed by atoms with van der Waals surface area (Å²) in [4.78, 5) is 38.8. The van der Waals surface area contributed by atoms with Gasteiger partial charge in [-0.1, -0.05) is 17.7 Å². The quantitative estimate of drug-likeness (QED) is 0.728. The third-order valence-corrected chi connectivity index (χ3v) is 4.92. The number of aliphatic carboxylic acids is 1. The number of carbonyl (C=O) groups excluding carboxylic acids is 1. The molecule has 1 unspecified atom stereocenters. The highest BCUT2D eigenvalue weighted by atomic mass is 35.5. The van der Waals surface area contributed by atoms with Crippen molar-refractivity contribution in [2.24, 2.45) is 0 Å². The van der Waals surface area contributed by atoms with Crippen LogP contribution >= 0.6 is 11.6 Å². The van der Waals surface area contributed by atoms with E-state index in [4.69, 9.17) is 16.7 Å². The summed E-state index contributed by atoms with van der Waals surface area (Å²) in [5.41, 5.74) is 1.40. The lowest BCUT2D eigenvalue weighted by atomic mass is 9.94. The van der Waals surface area contributed by atoms with Gasteiger partial charge in [0.25, 0.3) is 11.5 Å². The Morgan fingerprint density at radius 1 is 1.26 bits per heavy atom. The number of hydrogen-bond acceptors (Lipinski definition) is 3. The molecule has 1 amide bonds. The summed E-state index contributed by atoms with van der Waals surface area (Å²) in [6.45, 7) is 0. The van der Waals surface area contributed by atoms with E-state index in [0.717, 1.165) is 43.0 Å². The number of fused-ring (bicyclic) bond motifs is 1. The lowest BCUT2D eigenvalue weighted by Gasteiger charge is -2.19. The predicted molar refractivity (Wildman–Crippen MR) is 97.6 cm³/mol. The van der Waals surface area contributed by atoms with Crippen molar-refractivity contribution in [2.45, 2.75) is 38.1 Å². The van der Waals surface area contributed by atoms with E-state index in [2.05, 4.69) is 10.3 Å². The van der Waals surface area contributed by atoms with E-state index in [9.17, 15) is 18.8 Å². The average Bonchev–Trinajstić information content (AvgIpc) is 2.62. The van der Waals surface area contributed by atoms with Crippen LogP contribution in [0.4, 0.5) is 4.39 Å². The maximum Gasteiger partial charge on any atom is 0.305 e. The molecule has 8 heteroatoms. The molecule has 0 aliphatic heterocycles. The number of halogens is 2. The zero-order valence-corrected chi connectivity index (χ0v) is 15.1. The summed E-state index contributed by atoms with van der Waals surface area (Å²) in [5.74, 6) is -2.59. The first kappa shape index (κ1) is 19.1. The van der Waals surface area contributed by atoms with Crippen molar-refractivity contribution in [3.8, 4) is 0 Å². The van der Waals surface area contributed by atoms with Crippen LogP contribution in [-0.2, 0) is 17.6 Å². The number of pyridine rings is 1. The minimum atomic E-state index is -1.17. The number of amides is 1. The topological polar surface area (TPSA) is 99.3 Å². The number of H-pyrrole nitrogens is 1. The third-order valence-electron chi connectivity index (χ3n) is 4.61. The smallest absolute Gasteiger partial charge is 0.305 e. The molecule has 0 saturated heterocycles. The normalized spacial score (nSPS) is 14.3. The number of aromatic amines is 1. The molecule has 1 aliphatic rings. The van der Waals surface area contributed by atoms with E-state index in [1.165, 1.54) is 12.1 Å². The SMILES string of the molecule is O=C(O)CC(NC(=O)c1cc2c([nH]c1=O)CCCC2)c1ccc(Cl)c(F)c1. The molecule has 3 N–H and O–H groups in total. The van der Waals surface area contributed by atoms with Gasteiger partial charge in [0.2, 0.25) is 0 Å². The van der Waals surface area contributed by atoms with Gasteiger partial charge in [0.1, 0.15) is 11.4 Å². The number of carboxylic acid groups (broad SMARTS) is 1. The Labute approximate surface area is 159 Å². The fourth-order valence-electron chi connectivity index (χ4n) is 3.24. The number of benzene rings is 1. The Hall–Kier alpha value is -2.67. The first-order valence-corrected chi connectivity index (χ1v) is 8.95. The van der Waals surface area contributed by atoms with Crippen molar-refractivity contribution in [3.63, 3.8) is 0 Å². The van der Waals surface area contributed by atoms with Crippen molar-refractivity contribution < 1.29 is 19.1 Å². The second-order valence-corrected chi connectivity index (χ2v) is 6.93. The molecule has 0 radical (unpaired) electrons. The van der Waals surface area contributed by atoms with Gasteiger partial charge in [0.15, 0.2) is 0 Å². The predicted octanol–water partition coefficient (Wildman–Crippen LogP) is 2.99. The van der Waals surface area contributed by atoms with Crippen LogP contribution in [0.1, 0.15) is 52.5 Å². The Morgan fingerprint density at radius 2 is 2.00 bits per heavy atom. The number of hydrogen-bond donors (Lipinski definition) is 3. The third kappa shape index (κ3) is 4.36. The summed E-state index contributed by atoms with van der Waals surface area (Å²) >= 11 is 5.66. The van der Waals surface area contributed by atoms with Crippen LogP contribution in [0.15, 0.2) is 29.1 Å². The van der Waals surface area contributed by atoms with Gasteiger partial charge in [-0.2, -0.15) is 0 Å². The summed E-state index contributed by atoms with van der Waals surface area (Å²) in [6, 6.07) is 4.36. The molecule has 1 aromatic carbocycles. The molecule has 2 aromatic rings. The Bertz CT molecular complexity index is 957. The molecule has 0 fully saturated rings. The van der Waals surface area contributed by atoms with E-state index in [1.54, 1.807) is 6.07 Å². The molecule has 0 spiro atoms. The van der Waals surface area contributed by atoms with Gasteiger partial charge in [0, 0.05) is 5.69 Å². The molecule has 142 valence electrons. The van der Waals surface area contributed by atoms with Crippen LogP contribution in [-0.4, -0.2) is 22.0 Å². The number of nitrogens with one attached hydrogen (secondary N) is 2. The van der Waals surface area contributed by atoms with E-state index >= 15 is 0 Å². The number of aromatic nitrogens is 1. The van der Waals surface area contributed by atoms with Crippen molar-refractivity contribution >= 4 is 23.5 Å². The molecular formula is C19H18ClFN2O4. The summed E-state index contributed by atoms with van der Waals surface area (Å²) < 4.78 is 13.7. The fraction of sp³-hybridized carbons (Fsp3) is 0.316. The summed E-state index contributed by atoms with van der Waals surface area (Å²) in [7, 11) is 0. The molecule has 1 atom stereocenters. The van der Waals surface area contributed by atoms with Crippen LogP contribution < -0.4 is 10.9 Å². The van der Waals surface area contributed by atoms with Crippen LogP contribution in [0.5, 0.6) is 0 Å². The minimum absolute atomic E-state index is 0.0829. The summed E-state index contributed by atoms with van der Waals surface area (Å²) in [5, 5.41) is 11.5. The Kier molecular flexibility index (Phi) is 5.60. The second kappa shape index (κ2) is 7.92. The molecule has 1 aliphatic carbocycles. The van der Waals surface area contributed by atoms with Crippen LogP contribution in [0, 0.1) is 5.82 Å². The largest absolute Gasteiger partial charge is 0.481 e. The fourth-order valence-corrected chi connectivity index (χ4v) is 3.35. The zero-order chi connectivity index (χ0) is 19.6. The van der Waals surface area contributed by atoms with Gasteiger partial charge < -0.3 is 15.4 Å². The number of aryl methyl sites for hydroxylation is 2. The minimum Gasteiger partial charge on any atom is -0.481 e. The molecular weight excluding hydrogens is 375 g/mol. The highest BCUT2D eigenvalue weighted by Gasteiger charge is 2.23. The van der Waals surface area contributed by atoms with Gasteiger partial charge in [0.05, 0.1) is 17.5 Å². The van der Waals surface area contributed by atoms with Gasteiger partial charge in [-0.3, -0.25) is 14.4 Å². The standard InChI is InChI=1S/C19H18ClFN2O4/c20-13-6-5-11(8-14(13)21)16(9-17(24)25)23-19(27)12-7-10-3-1-2-4-15(10)22-18(12)26/h5-8,16H,1-4,9H2,(H,22,26)(H,23,27)(H,24,25). The van der Waals surface area contributed by atoms with Gasteiger partial charge >= 0.3 is 5.97 Å². The van der Waals surface area contributed by atoms with Gasteiger partial charge in [-0.25, -0.2) is 4.39 Å². The molecule has 1 aromatic heterocycles. The van der Waals surface area contributed by atoms with E-state index in [-0.39, 0.29) is 16.1 Å². The monoisotopic (exact) mass is 392 g/mol. The van der Waals surface area contributed by atoms with Crippen LogP contribution in [0.25, 0.3) is 0 Å². The Morgan fingerprint density at radius 3 is 2.70 bits per heavy atom. The maximum absolute atomic E-state index is 13.7. The van der Waals surface area contributed by atoms with E-state index in [1.807, 2.05) is 0 Å². The van der Waals surface area contributed by atoms with Gasteiger partial charge in [-0.15, -0.1) is 0 Å². The maximum atomic E-state index is 13.7. The van der Waals surface area contributed by atoms with Crippen molar-refractivity contribution in [3.05, 3.63) is 67.8 Å². The molecule has 27 heavy (non-hydrogen) atoms. The second-order valence-electron chi connectivity index (χ2n) is 6.52. The van der Waals surface area contributed by atoms with E-state index in [0.29, 0.717) is 0 Å². The van der Waals surface area contributed by atoms with Crippen molar-refractivity contribution in [1.82, 2.24) is 10.3 Å². The highest BCUT2D eigenvalue weighted by Crippen LogP contribution is 2.23. The lowest BCUT2D eigenvalue weighted by molar-refractivity contribution is -0.137. The molecule has 1 heterocycles. The van der Waals surface area contributed by atoms with Crippen molar-refractivity contribution in [1.29, 1.82) is 0 Å².